The number of unbranched alkanes of at least 4 members (excludes halogenated alkanes) is 1. The molecule has 0 aliphatic carbocycles. The van der Waals surface area contributed by atoms with Crippen molar-refractivity contribution in [1.29, 1.82) is 0 Å². The molecule has 5 nitrogen and oxygen atoms in total. The Morgan fingerprint density at radius 2 is 1.89 bits per heavy atom. The van der Waals surface area contributed by atoms with E-state index in [1.54, 1.807) is 19.0 Å². The lowest BCUT2D eigenvalue weighted by Crippen LogP contribution is -2.44. The lowest BCUT2D eigenvalue weighted by Gasteiger charge is -2.25. The Hall–Kier alpha value is -1.26. The monoisotopic (exact) mass is 270 g/mol. The van der Waals surface area contributed by atoms with Crippen molar-refractivity contribution >= 4 is 11.9 Å². The lowest BCUT2D eigenvalue weighted by molar-refractivity contribution is -0.127. The van der Waals surface area contributed by atoms with Crippen LogP contribution >= 0.6 is 0 Å². The zero-order valence-corrected chi connectivity index (χ0v) is 13.4. The summed E-state index contributed by atoms with van der Waals surface area (Å²) in [7, 11) is 5.52. The minimum absolute atomic E-state index is 0.0207. The molecule has 0 spiro atoms. The Balaban J connectivity index is 4.64. The molecule has 1 N–H and O–H groups in total. The van der Waals surface area contributed by atoms with Crippen LogP contribution < -0.4 is 5.32 Å². The standard InChI is InChI=1S/C14H30N4O/c1-7-9-10-18(6)14(16-12(3)8-2)15-11-13(19)17(4)5/h12H,7-11H2,1-6H3,(H,15,16). The highest BCUT2D eigenvalue weighted by Gasteiger charge is 2.10. The quantitative estimate of drug-likeness (QED) is 0.564. The van der Waals surface area contributed by atoms with E-state index in [0.29, 0.717) is 6.04 Å². The molecule has 0 fully saturated rings. The molecule has 0 aromatic carbocycles. The zero-order chi connectivity index (χ0) is 14.8. The SMILES string of the molecule is CCCCN(C)C(=NCC(=O)N(C)C)NC(C)CC. The summed E-state index contributed by atoms with van der Waals surface area (Å²) in [5.41, 5.74) is 0. The molecular formula is C14H30N4O. The molecule has 0 radical (unpaired) electrons. The smallest absolute Gasteiger partial charge is 0.243 e. The Morgan fingerprint density at radius 3 is 2.37 bits per heavy atom. The number of guanidine groups is 1. The average molecular weight is 270 g/mol. The van der Waals surface area contributed by atoms with E-state index in [1.165, 1.54) is 0 Å². The highest BCUT2D eigenvalue weighted by molar-refractivity contribution is 5.84. The van der Waals surface area contributed by atoms with Gasteiger partial charge in [0.1, 0.15) is 6.54 Å². The Labute approximate surface area is 118 Å². The van der Waals surface area contributed by atoms with Crippen LogP contribution in [0.25, 0.3) is 0 Å². The topological polar surface area (TPSA) is 47.9 Å². The van der Waals surface area contributed by atoms with E-state index in [-0.39, 0.29) is 12.5 Å². The van der Waals surface area contributed by atoms with Crippen molar-refractivity contribution in [3.05, 3.63) is 0 Å². The van der Waals surface area contributed by atoms with Gasteiger partial charge in [0.15, 0.2) is 5.96 Å². The second-order valence-corrected chi connectivity index (χ2v) is 5.16. The molecule has 0 aliphatic heterocycles. The first-order valence-corrected chi connectivity index (χ1v) is 7.14. The third kappa shape index (κ3) is 7.70. The summed E-state index contributed by atoms with van der Waals surface area (Å²) in [4.78, 5) is 19.7. The molecule has 112 valence electrons. The summed E-state index contributed by atoms with van der Waals surface area (Å²) in [6.07, 6.45) is 3.30. The van der Waals surface area contributed by atoms with Crippen LogP contribution in [0.4, 0.5) is 0 Å². The van der Waals surface area contributed by atoms with Gasteiger partial charge < -0.3 is 15.1 Å². The number of likely N-dealkylation sites (N-methyl/N-ethyl adjacent to an activating group) is 1. The van der Waals surface area contributed by atoms with Crippen LogP contribution in [0.15, 0.2) is 4.99 Å². The molecule has 1 amide bonds. The molecule has 1 unspecified atom stereocenters. The van der Waals surface area contributed by atoms with Crippen LogP contribution in [-0.4, -0.2) is 61.9 Å². The number of nitrogens with zero attached hydrogens (tertiary/aromatic N) is 3. The fraction of sp³-hybridized carbons (Fsp3) is 0.857. The third-order valence-corrected chi connectivity index (χ3v) is 3.06. The first kappa shape index (κ1) is 17.7. The maximum atomic E-state index is 11.6. The van der Waals surface area contributed by atoms with Gasteiger partial charge in [-0.05, 0) is 19.8 Å². The summed E-state index contributed by atoms with van der Waals surface area (Å²) >= 11 is 0. The van der Waals surface area contributed by atoms with Gasteiger partial charge in [0, 0.05) is 33.7 Å². The van der Waals surface area contributed by atoms with Crippen molar-refractivity contribution in [2.75, 3.05) is 34.2 Å². The van der Waals surface area contributed by atoms with Crippen LogP contribution in [0.3, 0.4) is 0 Å². The molecule has 19 heavy (non-hydrogen) atoms. The molecule has 0 aliphatic rings. The fourth-order valence-electron chi connectivity index (χ4n) is 1.38. The second-order valence-electron chi connectivity index (χ2n) is 5.16. The number of hydrogen-bond donors (Lipinski definition) is 1. The van der Waals surface area contributed by atoms with Gasteiger partial charge in [-0.15, -0.1) is 0 Å². The Morgan fingerprint density at radius 1 is 1.26 bits per heavy atom. The van der Waals surface area contributed by atoms with E-state index in [9.17, 15) is 4.79 Å². The maximum Gasteiger partial charge on any atom is 0.243 e. The van der Waals surface area contributed by atoms with Crippen molar-refractivity contribution in [2.45, 2.75) is 46.1 Å². The summed E-state index contributed by atoms with van der Waals surface area (Å²) in [5, 5.41) is 3.37. The molecule has 0 rings (SSSR count). The lowest BCUT2D eigenvalue weighted by atomic mass is 10.2. The minimum atomic E-state index is 0.0207. The van der Waals surface area contributed by atoms with Crippen molar-refractivity contribution in [2.24, 2.45) is 4.99 Å². The van der Waals surface area contributed by atoms with E-state index in [2.05, 4.69) is 36.0 Å². The van der Waals surface area contributed by atoms with Gasteiger partial charge in [-0.2, -0.15) is 0 Å². The number of rotatable bonds is 7. The van der Waals surface area contributed by atoms with Gasteiger partial charge >= 0.3 is 0 Å². The first-order chi connectivity index (χ1) is 8.92. The molecule has 0 heterocycles. The number of aliphatic imine (C=N–C) groups is 1. The van der Waals surface area contributed by atoms with E-state index in [1.807, 2.05) is 7.05 Å². The van der Waals surface area contributed by atoms with Gasteiger partial charge in [0.05, 0.1) is 0 Å². The first-order valence-electron chi connectivity index (χ1n) is 7.14. The molecule has 0 aromatic rings. The van der Waals surface area contributed by atoms with Crippen LogP contribution in [-0.2, 0) is 4.79 Å². The van der Waals surface area contributed by atoms with Crippen molar-refractivity contribution in [3.63, 3.8) is 0 Å². The summed E-state index contributed by atoms with van der Waals surface area (Å²) in [5.74, 6) is 0.838. The highest BCUT2D eigenvalue weighted by atomic mass is 16.2. The van der Waals surface area contributed by atoms with Crippen LogP contribution in [0.5, 0.6) is 0 Å². The van der Waals surface area contributed by atoms with E-state index in [0.717, 1.165) is 31.8 Å². The van der Waals surface area contributed by atoms with Crippen molar-refractivity contribution in [1.82, 2.24) is 15.1 Å². The molecule has 0 aromatic heterocycles. The van der Waals surface area contributed by atoms with Crippen LogP contribution in [0, 0.1) is 0 Å². The Bertz CT molecular complexity index is 289. The maximum absolute atomic E-state index is 11.6. The molecule has 1 atom stereocenters. The summed E-state index contributed by atoms with van der Waals surface area (Å²) < 4.78 is 0. The number of amides is 1. The normalized spacial score (nSPS) is 13.1. The molecule has 0 saturated heterocycles. The van der Waals surface area contributed by atoms with Gasteiger partial charge in [-0.1, -0.05) is 20.3 Å². The average Bonchev–Trinajstić information content (AvgIpc) is 2.39. The predicted molar refractivity (Wildman–Crippen MR) is 81.4 cm³/mol. The van der Waals surface area contributed by atoms with Crippen LogP contribution in [0.1, 0.15) is 40.0 Å². The number of carbonyl (C=O) groups is 1. The summed E-state index contributed by atoms with van der Waals surface area (Å²) in [6.45, 7) is 7.57. The highest BCUT2D eigenvalue weighted by Crippen LogP contribution is 1.97. The van der Waals surface area contributed by atoms with E-state index < -0.39 is 0 Å². The third-order valence-electron chi connectivity index (χ3n) is 3.06. The van der Waals surface area contributed by atoms with Gasteiger partial charge in [0.2, 0.25) is 5.91 Å². The van der Waals surface area contributed by atoms with Crippen molar-refractivity contribution in [3.8, 4) is 0 Å². The van der Waals surface area contributed by atoms with E-state index in [4.69, 9.17) is 0 Å². The van der Waals surface area contributed by atoms with Crippen molar-refractivity contribution < 1.29 is 4.79 Å². The zero-order valence-electron chi connectivity index (χ0n) is 13.4. The largest absolute Gasteiger partial charge is 0.354 e. The van der Waals surface area contributed by atoms with Gasteiger partial charge in [0.25, 0.3) is 0 Å². The fourth-order valence-corrected chi connectivity index (χ4v) is 1.38. The number of hydrogen-bond acceptors (Lipinski definition) is 2. The van der Waals surface area contributed by atoms with Gasteiger partial charge in [-0.3, -0.25) is 4.79 Å². The summed E-state index contributed by atoms with van der Waals surface area (Å²) in [6, 6.07) is 0.359. The molecule has 0 saturated carbocycles. The second kappa shape index (κ2) is 9.64. The number of nitrogens with one attached hydrogen (secondary N) is 1. The molecular weight excluding hydrogens is 240 g/mol. The molecule has 0 bridgehead atoms. The number of carbonyl (C=O) groups excluding carboxylic acids is 1. The van der Waals surface area contributed by atoms with Crippen LogP contribution in [0.2, 0.25) is 0 Å². The van der Waals surface area contributed by atoms with E-state index >= 15 is 0 Å². The predicted octanol–water partition coefficient (Wildman–Crippen LogP) is 1.55. The Kier molecular flexibility index (Phi) is 9.00. The van der Waals surface area contributed by atoms with Gasteiger partial charge in [-0.25, -0.2) is 4.99 Å². The minimum Gasteiger partial charge on any atom is -0.354 e. The molecule has 5 heteroatoms.